The summed E-state index contributed by atoms with van der Waals surface area (Å²) >= 11 is 0. The molecule has 1 N–H and O–H groups in total. The number of hydrogen-bond donors (Lipinski definition) is 1. The molecule has 0 unspecified atom stereocenters. The minimum Gasteiger partial charge on any atom is -0.372 e. The van der Waals surface area contributed by atoms with Crippen molar-refractivity contribution in [3.8, 4) is 0 Å². The molecule has 2 aromatic carbocycles. The number of benzene rings is 2. The summed E-state index contributed by atoms with van der Waals surface area (Å²) in [5, 5.41) is 2.27. The Morgan fingerprint density at radius 3 is 2.13 bits per heavy atom. The van der Waals surface area contributed by atoms with Gasteiger partial charge in [0.05, 0.1) is 5.69 Å². The molecule has 2 aliphatic rings. The van der Waals surface area contributed by atoms with Gasteiger partial charge >= 0.3 is 6.03 Å². The third-order valence-electron chi connectivity index (χ3n) is 5.63. The van der Waals surface area contributed by atoms with Crippen molar-refractivity contribution >= 4 is 35.3 Å². The van der Waals surface area contributed by atoms with Crippen LogP contribution in [-0.2, 0) is 16.0 Å². The molecule has 2 aromatic rings. The van der Waals surface area contributed by atoms with Crippen molar-refractivity contribution in [2.24, 2.45) is 0 Å². The topological polar surface area (TPSA) is 69.7 Å². The summed E-state index contributed by atoms with van der Waals surface area (Å²) in [6, 6.07) is 14.3. The lowest BCUT2D eigenvalue weighted by Crippen LogP contribution is -2.54. The van der Waals surface area contributed by atoms with E-state index in [-0.39, 0.29) is 5.57 Å². The van der Waals surface area contributed by atoms with E-state index in [9.17, 15) is 14.4 Å². The van der Waals surface area contributed by atoms with Gasteiger partial charge in [0.15, 0.2) is 0 Å². The fourth-order valence-corrected chi connectivity index (χ4v) is 3.87. The maximum atomic E-state index is 13.0. The highest BCUT2D eigenvalue weighted by Gasteiger charge is 2.36. The summed E-state index contributed by atoms with van der Waals surface area (Å²) < 4.78 is 0. The Hall–Kier alpha value is -3.41. The SMILES string of the molecule is CCc1ccc(N2C(=O)NC(=O)/C(=C\c3ccc(N4CCCCC4)cc3)C2=O)cc1. The number of hydrogen-bond acceptors (Lipinski definition) is 4. The van der Waals surface area contributed by atoms with Crippen LogP contribution in [0.15, 0.2) is 54.1 Å². The van der Waals surface area contributed by atoms with Gasteiger partial charge in [-0.15, -0.1) is 0 Å². The number of barbiturate groups is 1. The molecular weight excluding hydrogens is 378 g/mol. The molecule has 2 aliphatic heterocycles. The lowest BCUT2D eigenvalue weighted by molar-refractivity contribution is -0.122. The second kappa shape index (κ2) is 8.53. The lowest BCUT2D eigenvalue weighted by atomic mass is 10.1. The number of imide groups is 2. The molecule has 2 heterocycles. The number of aryl methyl sites for hydroxylation is 1. The van der Waals surface area contributed by atoms with Gasteiger partial charge in [0.2, 0.25) is 0 Å². The van der Waals surface area contributed by atoms with Crippen LogP contribution in [0.3, 0.4) is 0 Å². The van der Waals surface area contributed by atoms with E-state index >= 15 is 0 Å². The highest BCUT2D eigenvalue weighted by molar-refractivity contribution is 6.39. The van der Waals surface area contributed by atoms with Crippen molar-refractivity contribution in [2.45, 2.75) is 32.6 Å². The average molecular weight is 403 g/mol. The highest BCUT2D eigenvalue weighted by atomic mass is 16.2. The largest absolute Gasteiger partial charge is 0.372 e. The summed E-state index contributed by atoms with van der Waals surface area (Å²) in [6.07, 6.45) is 6.07. The second-order valence-electron chi connectivity index (χ2n) is 7.62. The van der Waals surface area contributed by atoms with Gasteiger partial charge in [-0.05, 0) is 67.2 Å². The standard InChI is InChI=1S/C24H25N3O3/c1-2-17-6-12-20(13-7-17)27-23(29)21(22(28)25-24(27)30)16-18-8-10-19(11-9-18)26-14-4-3-5-15-26/h6-13,16H,2-5,14-15H2,1H3,(H,25,28,30)/b21-16+. The number of anilines is 2. The van der Waals surface area contributed by atoms with E-state index in [0.29, 0.717) is 5.69 Å². The zero-order chi connectivity index (χ0) is 21.1. The number of nitrogens with one attached hydrogen (secondary N) is 1. The highest BCUT2D eigenvalue weighted by Crippen LogP contribution is 2.24. The van der Waals surface area contributed by atoms with Gasteiger partial charge in [0.1, 0.15) is 5.57 Å². The molecule has 0 aromatic heterocycles. The fraction of sp³-hybridized carbons (Fsp3) is 0.292. The summed E-state index contributed by atoms with van der Waals surface area (Å²) in [4.78, 5) is 41.0. The second-order valence-corrected chi connectivity index (χ2v) is 7.62. The third-order valence-corrected chi connectivity index (χ3v) is 5.63. The van der Waals surface area contributed by atoms with Crippen molar-refractivity contribution < 1.29 is 14.4 Å². The Morgan fingerprint density at radius 1 is 0.867 bits per heavy atom. The van der Waals surface area contributed by atoms with Gasteiger partial charge in [-0.25, -0.2) is 9.69 Å². The van der Waals surface area contributed by atoms with Crippen LogP contribution in [0.5, 0.6) is 0 Å². The Balaban J connectivity index is 1.58. The Labute approximate surface area is 176 Å². The summed E-state index contributed by atoms with van der Waals surface area (Å²) in [5.41, 5.74) is 3.37. The van der Waals surface area contributed by atoms with Gasteiger partial charge in [-0.3, -0.25) is 14.9 Å². The van der Waals surface area contributed by atoms with E-state index in [2.05, 4.69) is 10.2 Å². The minimum absolute atomic E-state index is 0.0557. The molecule has 6 heteroatoms. The first kappa shape index (κ1) is 19.9. The van der Waals surface area contributed by atoms with Crippen molar-refractivity contribution in [1.29, 1.82) is 0 Å². The molecule has 2 fully saturated rings. The van der Waals surface area contributed by atoms with E-state index in [1.165, 1.54) is 25.3 Å². The third kappa shape index (κ3) is 3.99. The van der Waals surface area contributed by atoms with E-state index in [4.69, 9.17) is 0 Å². The zero-order valence-electron chi connectivity index (χ0n) is 17.1. The van der Waals surface area contributed by atoms with Crippen LogP contribution in [0, 0.1) is 0 Å². The maximum Gasteiger partial charge on any atom is 0.335 e. The first-order chi connectivity index (χ1) is 14.6. The molecule has 0 saturated carbocycles. The van der Waals surface area contributed by atoms with Gasteiger partial charge in [0, 0.05) is 18.8 Å². The Bertz CT molecular complexity index is 987. The lowest BCUT2D eigenvalue weighted by Gasteiger charge is -2.29. The quantitative estimate of drug-likeness (QED) is 0.621. The normalized spacial score (nSPS) is 18.7. The first-order valence-corrected chi connectivity index (χ1v) is 10.4. The van der Waals surface area contributed by atoms with E-state index in [1.807, 2.05) is 43.3 Å². The van der Waals surface area contributed by atoms with Crippen LogP contribution in [0.4, 0.5) is 16.2 Å². The van der Waals surface area contributed by atoms with Crippen LogP contribution in [0.2, 0.25) is 0 Å². The van der Waals surface area contributed by atoms with E-state index in [1.54, 1.807) is 12.1 Å². The monoisotopic (exact) mass is 403 g/mol. The molecule has 0 atom stereocenters. The summed E-state index contributed by atoms with van der Waals surface area (Å²) in [5.74, 6) is -1.29. The summed E-state index contributed by atoms with van der Waals surface area (Å²) in [6.45, 7) is 4.13. The predicted molar refractivity (Wildman–Crippen MR) is 117 cm³/mol. The van der Waals surface area contributed by atoms with E-state index in [0.717, 1.165) is 41.2 Å². The smallest absolute Gasteiger partial charge is 0.335 e. The number of rotatable bonds is 4. The zero-order valence-corrected chi connectivity index (χ0v) is 17.1. The number of piperidine rings is 1. The molecule has 30 heavy (non-hydrogen) atoms. The first-order valence-electron chi connectivity index (χ1n) is 10.4. The predicted octanol–water partition coefficient (Wildman–Crippen LogP) is 3.91. The molecule has 0 aliphatic carbocycles. The average Bonchev–Trinajstić information content (AvgIpc) is 2.78. The Morgan fingerprint density at radius 2 is 1.50 bits per heavy atom. The van der Waals surface area contributed by atoms with Crippen molar-refractivity contribution in [3.63, 3.8) is 0 Å². The number of carbonyl (C=O) groups is 3. The number of amides is 4. The molecule has 154 valence electrons. The van der Waals surface area contributed by atoms with Gasteiger partial charge < -0.3 is 4.90 Å². The number of nitrogens with zero attached hydrogens (tertiary/aromatic N) is 2. The number of carbonyl (C=O) groups excluding carboxylic acids is 3. The van der Waals surface area contributed by atoms with Crippen molar-refractivity contribution in [1.82, 2.24) is 5.32 Å². The number of urea groups is 1. The molecule has 0 bridgehead atoms. The molecule has 0 spiro atoms. The molecule has 2 saturated heterocycles. The van der Waals surface area contributed by atoms with Crippen LogP contribution < -0.4 is 15.1 Å². The molecule has 6 nitrogen and oxygen atoms in total. The van der Waals surface area contributed by atoms with Crippen LogP contribution in [0.1, 0.15) is 37.3 Å². The van der Waals surface area contributed by atoms with E-state index < -0.39 is 17.8 Å². The van der Waals surface area contributed by atoms with Gasteiger partial charge in [-0.2, -0.15) is 0 Å². The molecule has 4 amide bonds. The molecule has 0 radical (unpaired) electrons. The maximum absolute atomic E-state index is 13.0. The van der Waals surface area contributed by atoms with Gasteiger partial charge in [0.25, 0.3) is 11.8 Å². The Kier molecular flexibility index (Phi) is 5.65. The van der Waals surface area contributed by atoms with Gasteiger partial charge in [-0.1, -0.05) is 31.2 Å². The van der Waals surface area contributed by atoms with Crippen LogP contribution in [-0.4, -0.2) is 30.9 Å². The molecular formula is C24H25N3O3. The van der Waals surface area contributed by atoms with Crippen LogP contribution in [0.25, 0.3) is 6.08 Å². The molecule has 4 rings (SSSR count). The fourth-order valence-electron chi connectivity index (χ4n) is 3.87. The minimum atomic E-state index is -0.730. The summed E-state index contributed by atoms with van der Waals surface area (Å²) in [7, 11) is 0. The van der Waals surface area contributed by atoms with Crippen LogP contribution >= 0.6 is 0 Å². The van der Waals surface area contributed by atoms with Crippen molar-refractivity contribution in [3.05, 3.63) is 65.2 Å². The van der Waals surface area contributed by atoms with Crippen molar-refractivity contribution in [2.75, 3.05) is 22.9 Å².